The largest absolute Gasteiger partial charge is 0.310 e. The lowest BCUT2D eigenvalue weighted by molar-refractivity contribution is 0.607. The summed E-state index contributed by atoms with van der Waals surface area (Å²) in [5.74, 6) is 0. The summed E-state index contributed by atoms with van der Waals surface area (Å²) < 4.78 is 1.01. The van der Waals surface area contributed by atoms with E-state index in [1.807, 2.05) is 12.1 Å². The van der Waals surface area contributed by atoms with Crippen LogP contribution in [0.25, 0.3) is 10.4 Å². The minimum Gasteiger partial charge on any atom is -0.310 e. The number of hydrogen-bond donors (Lipinski definition) is 1. The van der Waals surface area contributed by atoms with Crippen LogP contribution in [0, 0.1) is 0 Å². The van der Waals surface area contributed by atoms with Crippen molar-refractivity contribution in [1.29, 1.82) is 0 Å². The molecule has 0 aliphatic carbocycles. The van der Waals surface area contributed by atoms with E-state index in [1.54, 1.807) is 11.3 Å². The van der Waals surface area contributed by atoms with Crippen LogP contribution in [0.2, 0.25) is 5.02 Å². The molecule has 18 heavy (non-hydrogen) atoms. The van der Waals surface area contributed by atoms with Crippen molar-refractivity contribution in [2.24, 2.45) is 0 Å². The van der Waals surface area contributed by atoms with Gasteiger partial charge in [0.15, 0.2) is 0 Å². The van der Waals surface area contributed by atoms with Gasteiger partial charge in [-0.3, -0.25) is 0 Å². The maximum Gasteiger partial charge on any atom is 0.0503 e. The second kappa shape index (κ2) is 6.20. The average molecular weight is 345 g/mol. The van der Waals surface area contributed by atoms with E-state index in [1.165, 1.54) is 9.75 Å². The predicted molar refractivity (Wildman–Crippen MR) is 84.6 cm³/mol. The third kappa shape index (κ3) is 3.15. The Morgan fingerprint density at radius 1 is 1.33 bits per heavy atom. The van der Waals surface area contributed by atoms with Crippen molar-refractivity contribution in [3.05, 3.63) is 44.7 Å². The number of rotatable bonds is 4. The van der Waals surface area contributed by atoms with Crippen LogP contribution in [0.3, 0.4) is 0 Å². The number of nitrogens with one attached hydrogen (secondary N) is 1. The molecule has 0 saturated carbocycles. The summed E-state index contributed by atoms with van der Waals surface area (Å²) in [5.41, 5.74) is 1.10. The smallest absolute Gasteiger partial charge is 0.0503 e. The van der Waals surface area contributed by atoms with Crippen molar-refractivity contribution in [2.45, 2.75) is 19.9 Å². The maximum atomic E-state index is 6.28. The van der Waals surface area contributed by atoms with Crippen LogP contribution >= 0.6 is 38.9 Å². The zero-order valence-corrected chi connectivity index (χ0v) is 13.5. The molecule has 0 fully saturated rings. The first kappa shape index (κ1) is 14.1. The average Bonchev–Trinajstić information content (AvgIpc) is 2.78. The van der Waals surface area contributed by atoms with Gasteiger partial charge in [-0.05, 0) is 37.7 Å². The molecule has 2 aromatic rings. The third-order valence-electron chi connectivity index (χ3n) is 2.76. The first-order valence-corrected chi connectivity index (χ1v) is 7.89. The predicted octanol–water partition coefficient (Wildman–Crippen LogP) is 5.50. The van der Waals surface area contributed by atoms with Gasteiger partial charge in [0, 0.05) is 25.8 Å². The van der Waals surface area contributed by atoms with Gasteiger partial charge in [0.1, 0.15) is 0 Å². The number of thiophene rings is 1. The molecule has 96 valence electrons. The summed E-state index contributed by atoms with van der Waals surface area (Å²) in [7, 11) is 0. The fourth-order valence-electron chi connectivity index (χ4n) is 1.83. The molecule has 1 aromatic carbocycles. The molecule has 4 heteroatoms. The lowest BCUT2D eigenvalue weighted by atomic mass is 10.2. The number of benzene rings is 1. The fraction of sp³-hybridized carbons (Fsp3) is 0.286. The normalized spacial score (nSPS) is 12.7. The molecule has 0 spiro atoms. The highest BCUT2D eigenvalue weighted by atomic mass is 79.9. The molecule has 0 bridgehead atoms. The highest BCUT2D eigenvalue weighted by molar-refractivity contribution is 9.10. The molecular formula is C14H15BrClNS. The summed E-state index contributed by atoms with van der Waals surface area (Å²) in [6.07, 6.45) is 0. The van der Waals surface area contributed by atoms with Gasteiger partial charge in [-0.2, -0.15) is 0 Å². The summed E-state index contributed by atoms with van der Waals surface area (Å²) >= 11 is 11.5. The Hall–Kier alpha value is -0.350. The van der Waals surface area contributed by atoms with Gasteiger partial charge in [-0.25, -0.2) is 0 Å². The highest BCUT2D eigenvalue weighted by Gasteiger charge is 2.10. The summed E-state index contributed by atoms with van der Waals surface area (Å²) in [5, 5.41) is 4.21. The molecule has 0 aliphatic heterocycles. The first-order chi connectivity index (χ1) is 8.61. The molecule has 1 unspecified atom stereocenters. The molecule has 0 aliphatic rings. The topological polar surface area (TPSA) is 12.0 Å². The van der Waals surface area contributed by atoms with E-state index in [-0.39, 0.29) is 0 Å². The van der Waals surface area contributed by atoms with Crippen molar-refractivity contribution in [3.8, 4) is 10.4 Å². The highest BCUT2D eigenvalue weighted by Crippen LogP contribution is 2.36. The summed E-state index contributed by atoms with van der Waals surface area (Å²) in [6.45, 7) is 5.28. The molecule has 0 saturated heterocycles. The second-order valence-electron chi connectivity index (χ2n) is 4.11. The Morgan fingerprint density at radius 2 is 2.11 bits per heavy atom. The van der Waals surface area contributed by atoms with E-state index in [0.717, 1.165) is 21.6 Å². The van der Waals surface area contributed by atoms with Crippen molar-refractivity contribution >= 4 is 38.9 Å². The van der Waals surface area contributed by atoms with E-state index in [2.05, 4.69) is 53.3 Å². The van der Waals surface area contributed by atoms with E-state index in [9.17, 15) is 0 Å². The van der Waals surface area contributed by atoms with Crippen molar-refractivity contribution < 1.29 is 0 Å². The van der Waals surface area contributed by atoms with Gasteiger partial charge in [0.25, 0.3) is 0 Å². The molecule has 0 amide bonds. The van der Waals surface area contributed by atoms with Gasteiger partial charge >= 0.3 is 0 Å². The standard InChI is InChI=1S/C14H15BrClNS/c1-3-17-9(2)13-6-7-14(18-13)11-5-4-10(15)8-12(11)16/h4-9,17H,3H2,1-2H3. The molecule has 1 nitrogen and oxygen atoms in total. The lowest BCUT2D eigenvalue weighted by Gasteiger charge is -2.09. The van der Waals surface area contributed by atoms with E-state index in [0.29, 0.717) is 6.04 Å². The van der Waals surface area contributed by atoms with Crippen LogP contribution in [0.4, 0.5) is 0 Å². The molecule has 1 aromatic heterocycles. The number of hydrogen-bond acceptors (Lipinski definition) is 2. The van der Waals surface area contributed by atoms with Crippen LogP contribution in [0.1, 0.15) is 24.8 Å². The molecule has 2 rings (SSSR count). The van der Waals surface area contributed by atoms with E-state index < -0.39 is 0 Å². The zero-order valence-electron chi connectivity index (χ0n) is 10.3. The Balaban J connectivity index is 2.29. The van der Waals surface area contributed by atoms with Crippen molar-refractivity contribution in [1.82, 2.24) is 5.32 Å². The first-order valence-electron chi connectivity index (χ1n) is 5.90. The maximum absolute atomic E-state index is 6.28. The second-order valence-corrected chi connectivity index (χ2v) is 6.54. The minimum absolute atomic E-state index is 0.392. The summed E-state index contributed by atoms with van der Waals surface area (Å²) in [4.78, 5) is 2.55. The molecule has 0 radical (unpaired) electrons. The number of halogens is 2. The van der Waals surface area contributed by atoms with Crippen LogP contribution in [0.15, 0.2) is 34.8 Å². The third-order valence-corrected chi connectivity index (χ3v) is 4.87. The Bertz CT molecular complexity index is 538. The lowest BCUT2D eigenvalue weighted by Crippen LogP contribution is -2.16. The Labute approximate surface area is 125 Å². The summed E-state index contributed by atoms with van der Waals surface area (Å²) in [6, 6.07) is 10.7. The van der Waals surface area contributed by atoms with Gasteiger partial charge in [0.2, 0.25) is 0 Å². The fourth-order valence-corrected chi connectivity index (χ4v) is 3.73. The molecule has 1 N–H and O–H groups in total. The minimum atomic E-state index is 0.392. The van der Waals surface area contributed by atoms with Gasteiger partial charge in [-0.15, -0.1) is 11.3 Å². The van der Waals surface area contributed by atoms with Gasteiger partial charge < -0.3 is 5.32 Å². The van der Waals surface area contributed by atoms with Crippen molar-refractivity contribution in [2.75, 3.05) is 6.54 Å². The SMILES string of the molecule is CCNC(C)c1ccc(-c2ccc(Br)cc2Cl)s1. The molecular weight excluding hydrogens is 330 g/mol. The van der Waals surface area contributed by atoms with E-state index in [4.69, 9.17) is 11.6 Å². The van der Waals surface area contributed by atoms with Crippen LogP contribution in [-0.2, 0) is 0 Å². The monoisotopic (exact) mass is 343 g/mol. The van der Waals surface area contributed by atoms with Gasteiger partial charge in [0.05, 0.1) is 5.02 Å². The van der Waals surface area contributed by atoms with Crippen LogP contribution < -0.4 is 5.32 Å². The van der Waals surface area contributed by atoms with Crippen LogP contribution in [0.5, 0.6) is 0 Å². The van der Waals surface area contributed by atoms with E-state index >= 15 is 0 Å². The quantitative estimate of drug-likeness (QED) is 0.772. The zero-order chi connectivity index (χ0) is 13.1. The molecule has 1 heterocycles. The van der Waals surface area contributed by atoms with Crippen LogP contribution in [-0.4, -0.2) is 6.54 Å². The Morgan fingerprint density at radius 3 is 2.78 bits per heavy atom. The van der Waals surface area contributed by atoms with Gasteiger partial charge in [-0.1, -0.05) is 40.5 Å². The Kier molecular flexibility index (Phi) is 4.84. The van der Waals surface area contributed by atoms with Crippen molar-refractivity contribution in [3.63, 3.8) is 0 Å². The molecule has 1 atom stereocenters.